The fourth-order valence-corrected chi connectivity index (χ4v) is 3.50. The van der Waals surface area contributed by atoms with E-state index in [1.165, 1.54) is 42.5 Å². The number of rotatable bonds is 4. The van der Waals surface area contributed by atoms with Crippen LogP contribution in [0.3, 0.4) is 0 Å². The first-order valence-electron chi connectivity index (χ1n) is 9.75. The number of hydrogen-bond donors (Lipinski definition) is 2. The van der Waals surface area contributed by atoms with Crippen LogP contribution in [0.15, 0.2) is 48.5 Å². The Morgan fingerprint density at radius 3 is 2.50 bits per heavy atom. The average Bonchev–Trinajstić information content (AvgIpc) is 2.77. The van der Waals surface area contributed by atoms with E-state index in [4.69, 9.17) is 16.3 Å². The number of nitrogens with one attached hydrogen (secondary N) is 1. The third-order valence-corrected chi connectivity index (χ3v) is 4.77. The second-order valence-electron chi connectivity index (χ2n) is 8.16. The summed E-state index contributed by atoms with van der Waals surface area (Å²) in [7, 11) is 0. The number of carbonyl (C=O) groups is 3. The molecular formula is C23H22ClFN2O5. The van der Waals surface area contributed by atoms with E-state index in [9.17, 15) is 23.9 Å². The standard InChI is InChI=1S/C23H22ClFN2O5/c1-23(2,3)32-22(31)26-18-11-15(14-6-4-5-7-17(14)25)16-10-13(24)8-9-19(16)27(21(18)30)12-20(28)29/h4-11,18H,12H2,1-3H3,(H,26,31)(H,28,29). The number of nitrogens with zero attached hydrogens (tertiary/aromatic N) is 1. The molecule has 0 saturated carbocycles. The number of benzene rings is 2. The van der Waals surface area contributed by atoms with Gasteiger partial charge in [0.15, 0.2) is 0 Å². The van der Waals surface area contributed by atoms with Gasteiger partial charge in [-0.1, -0.05) is 29.8 Å². The van der Waals surface area contributed by atoms with Gasteiger partial charge in [0.2, 0.25) is 0 Å². The Labute approximate surface area is 189 Å². The molecule has 2 aromatic rings. The first-order chi connectivity index (χ1) is 15.0. The molecule has 1 heterocycles. The highest BCUT2D eigenvalue weighted by Crippen LogP contribution is 2.37. The summed E-state index contributed by atoms with van der Waals surface area (Å²) in [6.07, 6.45) is 0.501. The highest BCUT2D eigenvalue weighted by molar-refractivity contribution is 6.31. The van der Waals surface area contributed by atoms with Crippen molar-refractivity contribution >= 4 is 40.8 Å². The van der Waals surface area contributed by atoms with E-state index < -0.39 is 42.0 Å². The molecule has 168 valence electrons. The van der Waals surface area contributed by atoms with E-state index >= 15 is 0 Å². The minimum atomic E-state index is -1.31. The number of carboxylic acids is 1. The largest absolute Gasteiger partial charge is 0.480 e. The minimum Gasteiger partial charge on any atom is -0.480 e. The summed E-state index contributed by atoms with van der Waals surface area (Å²) in [6.45, 7) is 4.32. The number of anilines is 1. The quantitative estimate of drug-likeness (QED) is 0.711. The molecule has 0 radical (unpaired) electrons. The Morgan fingerprint density at radius 1 is 1.19 bits per heavy atom. The third-order valence-electron chi connectivity index (χ3n) is 4.53. The molecular weight excluding hydrogens is 439 g/mol. The van der Waals surface area contributed by atoms with E-state index in [1.54, 1.807) is 26.8 Å². The van der Waals surface area contributed by atoms with Gasteiger partial charge >= 0.3 is 12.1 Å². The number of hydrogen-bond acceptors (Lipinski definition) is 4. The summed E-state index contributed by atoms with van der Waals surface area (Å²) in [6, 6.07) is 9.13. The van der Waals surface area contributed by atoms with Crippen molar-refractivity contribution in [2.45, 2.75) is 32.4 Å². The van der Waals surface area contributed by atoms with Gasteiger partial charge in [0, 0.05) is 16.1 Å². The number of alkyl carbamates (subject to hydrolysis) is 1. The number of halogens is 2. The van der Waals surface area contributed by atoms with E-state index in [2.05, 4.69) is 5.32 Å². The number of aliphatic carboxylic acids is 1. The van der Waals surface area contributed by atoms with E-state index in [1.807, 2.05) is 0 Å². The first kappa shape index (κ1) is 23.3. The summed E-state index contributed by atoms with van der Waals surface area (Å²) in [5.74, 6) is -2.53. The van der Waals surface area contributed by atoms with Gasteiger partial charge in [-0.2, -0.15) is 0 Å². The predicted molar refractivity (Wildman–Crippen MR) is 118 cm³/mol. The molecule has 0 aliphatic carbocycles. The van der Waals surface area contributed by atoms with Crippen LogP contribution < -0.4 is 10.2 Å². The number of carbonyl (C=O) groups excluding carboxylic acids is 2. The maximum atomic E-state index is 14.7. The summed E-state index contributed by atoms with van der Waals surface area (Å²) in [4.78, 5) is 38.2. The SMILES string of the molecule is CC(C)(C)OC(=O)NC1C=C(c2ccccc2F)c2cc(Cl)ccc2N(CC(=O)O)C1=O. The van der Waals surface area contributed by atoms with E-state index in [0.29, 0.717) is 10.6 Å². The molecule has 7 nitrogen and oxygen atoms in total. The van der Waals surface area contributed by atoms with Gasteiger partial charge < -0.3 is 15.2 Å². The van der Waals surface area contributed by atoms with Crippen LogP contribution in [0.2, 0.25) is 5.02 Å². The van der Waals surface area contributed by atoms with Crippen molar-refractivity contribution in [1.82, 2.24) is 5.32 Å². The van der Waals surface area contributed by atoms with E-state index in [0.717, 1.165) is 4.90 Å². The zero-order valence-electron chi connectivity index (χ0n) is 17.7. The predicted octanol–water partition coefficient (Wildman–Crippen LogP) is 4.24. The summed E-state index contributed by atoms with van der Waals surface area (Å²) in [5.41, 5.74) is 0.197. The Hall–Kier alpha value is -3.39. The van der Waals surface area contributed by atoms with Crippen LogP contribution >= 0.6 is 11.6 Å². The molecule has 32 heavy (non-hydrogen) atoms. The monoisotopic (exact) mass is 460 g/mol. The Kier molecular flexibility index (Phi) is 6.55. The molecule has 1 atom stereocenters. The molecule has 1 aliphatic rings. The molecule has 0 spiro atoms. The lowest BCUT2D eigenvalue weighted by Gasteiger charge is -2.26. The van der Waals surface area contributed by atoms with Crippen molar-refractivity contribution < 1.29 is 28.6 Å². The molecule has 9 heteroatoms. The third kappa shape index (κ3) is 5.26. The zero-order valence-corrected chi connectivity index (χ0v) is 18.4. The lowest BCUT2D eigenvalue weighted by Crippen LogP contribution is -2.49. The second-order valence-corrected chi connectivity index (χ2v) is 8.60. The van der Waals surface area contributed by atoms with Gasteiger partial charge in [-0.15, -0.1) is 0 Å². The first-order valence-corrected chi connectivity index (χ1v) is 10.1. The molecule has 0 fully saturated rings. The highest BCUT2D eigenvalue weighted by Gasteiger charge is 2.34. The van der Waals surface area contributed by atoms with Gasteiger partial charge in [-0.05, 0) is 56.7 Å². The van der Waals surface area contributed by atoms with Crippen LogP contribution in [0.25, 0.3) is 5.57 Å². The van der Waals surface area contributed by atoms with Gasteiger partial charge in [0.05, 0.1) is 5.69 Å². The second kappa shape index (κ2) is 9.00. The normalized spacial score (nSPS) is 16.0. The lowest BCUT2D eigenvalue weighted by atomic mass is 9.95. The summed E-state index contributed by atoms with van der Waals surface area (Å²) < 4.78 is 20.0. The molecule has 1 aliphatic heterocycles. The molecule has 0 aromatic heterocycles. The van der Waals surface area contributed by atoms with Crippen molar-refractivity contribution in [1.29, 1.82) is 0 Å². The topological polar surface area (TPSA) is 95.9 Å². The van der Waals surface area contributed by atoms with Crippen LogP contribution in [0, 0.1) is 5.82 Å². The molecule has 2 amide bonds. The van der Waals surface area contributed by atoms with Crippen molar-refractivity contribution in [3.8, 4) is 0 Å². The molecule has 2 N–H and O–H groups in total. The minimum absolute atomic E-state index is 0.164. The van der Waals surface area contributed by atoms with Gasteiger partial charge in [0.25, 0.3) is 5.91 Å². The van der Waals surface area contributed by atoms with Crippen molar-refractivity contribution in [3.05, 3.63) is 70.5 Å². The number of fused-ring (bicyclic) bond motifs is 1. The van der Waals surface area contributed by atoms with E-state index in [-0.39, 0.29) is 16.8 Å². The molecule has 1 unspecified atom stereocenters. The Bertz CT molecular complexity index is 1110. The fraction of sp³-hybridized carbons (Fsp3) is 0.261. The maximum absolute atomic E-state index is 14.7. The van der Waals surface area contributed by atoms with Gasteiger partial charge in [-0.25, -0.2) is 9.18 Å². The number of carboxylic acid groups (broad SMARTS) is 1. The zero-order chi connectivity index (χ0) is 23.6. The van der Waals surface area contributed by atoms with Crippen molar-refractivity contribution in [3.63, 3.8) is 0 Å². The highest BCUT2D eigenvalue weighted by atomic mass is 35.5. The van der Waals surface area contributed by atoms with Crippen molar-refractivity contribution in [2.24, 2.45) is 0 Å². The fourth-order valence-electron chi connectivity index (χ4n) is 3.32. The molecule has 0 saturated heterocycles. The molecule has 2 aromatic carbocycles. The summed E-state index contributed by atoms with van der Waals surface area (Å²) >= 11 is 6.18. The van der Waals surface area contributed by atoms with Crippen LogP contribution in [0.4, 0.5) is 14.9 Å². The summed E-state index contributed by atoms with van der Waals surface area (Å²) in [5, 5.41) is 12.2. The van der Waals surface area contributed by atoms with Crippen LogP contribution in [0.5, 0.6) is 0 Å². The molecule has 0 bridgehead atoms. The number of amides is 2. The lowest BCUT2D eigenvalue weighted by molar-refractivity contribution is -0.136. The van der Waals surface area contributed by atoms with Crippen LogP contribution in [0.1, 0.15) is 31.9 Å². The van der Waals surface area contributed by atoms with Crippen molar-refractivity contribution in [2.75, 3.05) is 11.4 Å². The van der Waals surface area contributed by atoms with Gasteiger partial charge in [-0.3, -0.25) is 14.5 Å². The maximum Gasteiger partial charge on any atom is 0.408 e. The van der Waals surface area contributed by atoms with Crippen LogP contribution in [-0.2, 0) is 14.3 Å². The smallest absolute Gasteiger partial charge is 0.408 e. The number of ether oxygens (including phenoxy) is 1. The molecule has 3 rings (SSSR count). The van der Waals surface area contributed by atoms with Gasteiger partial charge in [0.1, 0.15) is 24.0 Å². The average molecular weight is 461 g/mol. The van der Waals surface area contributed by atoms with Crippen LogP contribution in [-0.4, -0.2) is 41.3 Å². The Morgan fingerprint density at radius 2 is 1.88 bits per heavy atom. The Balaban J connectivity index is 2.20.